The lowest BCUT2D eigenvalue weighted by molar-refractivity contribution is -0.113. The maximum absolute atomic E-state index is 12.4. The topological polar surface area (TPSA) is 67.4 Å². The highest BCUT2D eigenvalue weighted by Crippen LogP contribution is 2.24. The first kappa shape index (κ1) is 23.1. The third-order valence-corrected chi connectivity index (χ3v) is 5.89. The van der Waals surface area contributed by atoms with E-state index in [2.05, 4.69) is 10.6 Å². The molecular weight excluding hydrogens is 444 g/mol. The van der Waals surface area contributed by atoms with E-state index < -0.39 is 0 Å². The largest absolute Gasteiger partial charge is 0.457 e. The van der Waals surface area contributed by atoms with Gasteiger partial charge in [-0.3, -0.25) is 9.59 Å². The van der Waals surface area contributed by atoms with Gasteiger partial charge in [0.15, 0.2) is 0 Å². The molecule has 0 saturated carbocycles. The molecule has 0 aromatic heterocycles. The Kier molecular flexibility index (Phi) is 7.63. The van der Waals surface area contributed by atoms with Gasteiger partial charge in [0.05, 0.1) is 5.75 Å². The van der Waals surface area contributed by atoms with Crippen LogP contribution in [0, 0.1) is 6.92 Å². The number of anilines is 2. The van der Waals surface area contributed by atoms with Gasteiger partial charge in [-0.15, -0.1) is 11.8 Å². The van der Waals surface area contributed by atoms with E-state index in [0.717, 1.165) is 16.2 Å². The van der Waals surface area contributed by atoms with Gasteiger partial charge in [-0.25, -0.2) is 0 Å². The predicted octanol–water partition coefficient (Wildman–Crippen LogP) is 6.77. The van der Waals surface area contributed by atoms with Crippen LogP contribution in [0.1, 0.15) is 15.9 Å². The molecule has 0 unspecified atom stereocenters. The molecule has 0 saturated heterocycles. The van der Waals surface area contributed by atoms with Gasteiger partial charge in [-0.05, 0) is 73.7 Å². The lowest BCUT2D eigenvalue weighted by Gasteiger charge is -2.09. The first-order valence-electron chi connectivity index (χ1n) is 10.8. The summed E-state index contributed by atoms with van der Waals surface area (Å²) in [6.45, 7) is 1.98. The highest BCUT2D eigenvalue weighted by atomic mass is 32.2. The second-order valence-corrected chi connectivity index (χ2v) is 8.67. The second kappa shape index (κ2) is 11.2. The molecule has 0 aliphatic carbocycles. The Balaban J connectivity index is 1.27. The standard InChI is InChI=1S/C28H24N2O3S/c1-20-10-12-21(13-11-20)28(32)30-23-6-5-9-26(18-23)34-19-27(31)29-22-14-16-25(17-15-22)33-24-7-3-2-4-8-24/h2-18H,19H2,1H3,(H,29,31)(H,30,32). The van der Waals surface area contributed by atoms with Crippen molar-refractivity contribution in [1.82, 2.24) is 0 Å². The van der Waals surface area contributed by atoms with E-state index in [1.165, 1.54) is 11.8 Å². The smallest absolute Gasteiger partial charge is 0.255 e. The number of nitrogens with one attached hydrogen (secondary N) is 2. The van der Waals surface area contributed by atoms with Gasteiger partial charge in [0, 0.05) is 21.8 Å². The summed E-state index contributed by atoms with van der Waals surface area (Å²) in [7, 11) is 0. The number of rotatable bonds is 8. The Labute approximate surface area is 203 Å². The molecule has 170 valence electrons. The first-order chi connectivity index (χ1) is 16.5. The molecule has 0 radical (unpaired) electrons. The van der Waals surface area contributed by atoms with Gasteiger partial charge >= 0.3 is 0 Å². The minimum absolute atomic E-state index is 0.115. The summed E-state index contributed by atoms with van der Waals surface area (Å²) in [5, 5.41) is 5.79. The highest BCUT2D eigenvalue weighted by molar-refractivity contribution is 8.00. The van der Waals surface area contributed by atoms with Crippen LogP contribution in [0.25, 0.3) is 0 Å². The first-order valence-corrected chi connectivity index (χ1v) is 11.8. The average molecular weight is 469 g/mol. The fraction of sp³-hybridized carbons (Fsp3) is 0.0714. The van der Waals surface area contributed by atoms with E-state index in [-0.39, 0.29) is 17.6 Å². The summed E-state index contributed by atoms with van der Waals surface area (Å²) in [6.07, 6.45) is 0. The van der Waals surface area contributed by atoms with Crippen LogP contribution in [-0.2, 0) is 4.79 Å². The van der Waals surface area contributed by atoms with Crippen molar-refractivity contribution in [2.24, 2.45) is 0 Å². The molecule has 0 aliphatic rings. The van der Waals surface area contributed by atoms with Crippen molar-refractivity contribution in [2.75, 3.05) is 16.4 Å². The Hall–Kier alpha value is -4.03. The normalized spacial score (nSPS) is 10.4. The summed E-state index contributed by atoms with van der Waals surface area (Å²) >= 11 is 1.40. The lowest BCUT2D eigenvalue weighted by atomic mass is 10.1. The number of hydrogen-bond acceptors (Lipinski definition) is 4. The maximum atomic E-state index is 12.4. The molecule has 0 aliphatic heterocycles. The van der Waals surface area contributed by atoms with Crippen LogP contribution < -0.4 is 15.4 Å². The summed E-state index contributed by atoms with van der Waals surface area (Å²) in [4.78, 5) is 25.7. The lowest BCUT2D eigenvalue weighted by Crippen LogP contribution is -2.14. The molecule has 2 N–H and O–H groups in total. The number of aryl methyl sites for hydroxylation is 1. The monoisotopic (exact) mass is 468 g/mol. The highest BCUT2D eigenvalue weighted by Gasteiger charge is 2.08. The zero-order valence-corrected chi connectivity index (χ0v) is 19.5. The zero-order valence-electron chi connectivity index (χ0n) is 18.7. The number of para-hydroxylation sites is 1. The van der Waals surface area contributed by atoms with Crippen molar-refractivity contribution in [1.29, 1.82) is 0 Å². The summed E-state index contributed by atoms with van der Waals surface area (Å²) in [5.74, 6) is 1.42. The Bertz CT molecular complexity index is 1260. The van der Waals surface area contributed by atoms with Crippen molar-refractivity contribution < 1.29 is 14.3 Å². The third-order valence-electron chi connectivity index (χ3n) is 4.89. The predicted molar refractivity (Wildman–Crippen MR) is 138 cm³/mol. The molecule has 34 heavy (non-hydrogen) atoms. The van der Waals surface area contributed by atoms with Crippen LogP contribution in [0.3, 0.4) is 0 Å². The quantitative estimate of drug-likeness (QED) is 0.280. The van der Waals surface area contributed by atoms with Gasteiger partial charge in [-0.2, -0.15) is 0 Å². The molecule has 0 spiro atoms. The molecule has 0 fully saturated rings. The van der Waals surface area contributed by atoms with E-state index in [1.54, 1.807) is 12.1 Å². The van der Waals surface area contributed by atoms with Crippen LogP contribution in [-0.4, -0.2) is 17.6 Å². The molecular formula is C28H24N2O3S. The Morgan fingerprint density at radius 1 is 0.735 bits per heavy atom. The molecule has 4 aromatic rings. The number of carbonyl (C=O) groups is 2. The fourth-order valence-corrected chi connectivity index (χ4v) is 3.90. The molecule has 0 bridgehead atoms. The van der Waals surface area contributed by atoms with Gasteiger partial charge < -0.3 is 15.4 Å². The third kappa shape index (κ3) is 6.73. The van der Waals surface area contributed by atoms with E-state index >= 15 is 0 Å². The number of carbonyl (C=O) groups excluding carboxylic acids is 2. The molecule has 0 heterocycles. The van der Waals surface area contributed by atoms with E-state index in [4.69, 9.17) is 4.74 Å². The summed E-state index contributed by atoms with van der Waals surface area (Å²) < 4.78 is 5.77. The number of hydrogen-bond donors (Lipinski definition) is 2. The molecule has 5 nitrogen and oxygen atoms in total. The number of ether oxygens (including phenoxy) is 1. The van der Waals surface area contributed by atoms with Crippen LogP contribution >= 0.6 is 11.8 Å². The van der Waals surface area contributed by atoms with Crippen LogP contribution in [0.5, 0.6) is 11.5 Å². The van der Waals surface area contributed by atoms with E-state index in [1.807, 2.05) is 97.9 Å². The fourth-order valence-electron chi connectivity index (χ4n) is 3.15. The van der Waals surface area contributed by atoms with Crippen molar-refractivity contribution in [3.05, 3.63) is 114 Å². The van der Waals surface area contributed by atoms with Crippen molar-refractivity contribution in [3.8, 4) is 11.5 Å². The molecule has 6 heteroatoms. The zero-order chi connectivity index (χ0) is 23.8. The van der Waals surface area contributed by atoms with Crippen LogP contribution in [0.2, 0.25) is 0 Å². The Morgan fingerprint density at radius 3 is 2.18 bits per heavy atom. The van der Waals surface area contributed by atoms with E-state index in [9.17, 15) is 9.59 Å². The second-order valence-electron chi connectivity index (χ2n) is 7.62. The van der Waals surface area contributed by atoms with E-state index in [0.29, 0.717) is 22.7 Å². The molecule has 4 rings (SSSR count). The average Bonchev–Trinajstić information content (AvgIpc) is 2.85. The number of amides is 2. The number of thioether (sulfide) groups is 1. The minimum atomic E-state index is -0.167. The van der Waals surface area contributed by atoms with Gasteiger partial charge in [-0.1, -0.05) is 42.0 Å². The molecule has 4 aromatic carbocycles. The van der Waals surface area contributed by atoms with Crippen molar-refractivity contribution in [3.63, 3.8) is 0 Å². The van der Waals surface area contributed by atoms with Gasteiger partial charge in [0.2, 0.25) is 5.91 Å². The van der Waals surface area contributed by atoms with Crippen molar-refractivity contribution >= 4 is 35.0 Å². The van der Waals surface area contributed by atoms with Crippen LogP contribution in [0.15, 0.2) is 108 Å². The van der Waals surface area contributed by atoms with Crippen LogP contribution in [0.4, 0.5) is 11.4 Å². The van der Waals surface area contributed by atoms with Gasteiger partial charge in [0.25, 0.3) is 5.91 Å². The Morgan fingerprint density at radius 2 is 1.44 bits per heavy atom. The van der Waals surface area contributed by atoms with Gasteiger partial charge in [0.1, 0.15) is 11.5 Å². The maximum Gasteiger partial charge on any atom is 0.255 e. The van der Waals surface area contributed by atoms with Crippen molar-refractivity contribution in [2.45, 2.75) is 11.8 Å². The SMILES string of the molecule is Cc1ccc(C(=O)Nc2cccc(SCC(=O)Nc3ccc(Oc4ccccc4)cc3)c2)cc1. The number of benzene rings is 4. The minimum Gasteiger partial charge on any atom is -0.457 e. The summed E-state index contributed by atoms with van der Waals surface area (Å²) in [6, 6.07) is 31.6. The molecule has 2 amide bonds. The summed E-state index contributed by atoms with van der Waals surface area (Å²) in [5.41, 5.74) is 3.09. The molecule has 0 atom stereocenters.